The zero-order valence-corrected chi connectivity index (χ0v) is 15.7. The third-order valence-corrected chi connectivity index (χ3v) is 4.34. The Morgan fingerprint density at radius 1 is 1.33 bits per heavy atom. The summed E-state index contributed by atoms with van der Waals surface area (Å²) >= 11 is 0. The Hall–Kier alpha value is -2.14. The van der Waals surface area contributed by atoms with E-state index in [9.17, 15) is 26.4 Å². The quantitative estimate of drug-likeness (QED) is 0.697. The summed E-state index contributed by atoms with van der Waals surface area (Å²) in [6, 6.07) is 2.64. The van der Waals surface area contributed by atoms with Crippen LogP contribution < -0.4 is 10.2 Å². The zero-order chi connectivity index (χ0) is 20.4. The van der Waals surface area contributed by atoms with E-state index in [0.717, 1.165) is 0 Å². The van der Waals surface area contributed by atoms with Crippen LogP contribution in [-0.4, -0.2) is 45.4 Å². The summed E-state index contributed by atoms with van der Waals surface area (Å²) in [7, 11) is -4.02. The minimum Gasteiger partial charge on any atom is -0.487 e. The predicted octanol–water partition coefficient (Wildman–Crippen LogP) is 1.98. The van der Waals surface area contributed by atoms with Gasteiger partial charge in [-0.25, -0.2) is 18.6 Å². The van der Waals surface area contributed by atoms with E-state index >= 15 is 0 Å². The second-order valence-corrected chi connectivity index (χ2v) is 7.94. The molecule has 0 radical (unpaired) electrons. The van der Waals surface area contributed by atoms with Crippen LogP contribution in [0.4, 0.5) is 13.2 Å². The van der Waals surface area contributed by atoms with E-state index in [0.29, 0.717) is 12.0 Å². The van der Waals surface area contributed by atoms with Gasteiger partial charge in [0.05, 0.1) is 12.0 Å². The van der Waals surface area contributed by atoms with Gasteiger partial charge in [-0.15, -0.1) is 0 Å². The van der Waals surface area contributed by atoms with E-state index in [4.69, 9.17) is 4.74 Å². The van der Waals surface area contributed by atoms with Crippen molar-refractivity contribution in [1.82, 2.24) is 5.43 Å². The molecule has 0 aliphatic carbocycles. The third kappa shape index (κ3) is 5.67. The van der Waals surface area contributed by atoms with Crippen molar-refractivity contribution in [3.8, 4) is 5.75 Å². The highest BCUT2D eigenvalue weighted by Gasteiger charge is 2.33. The molecule has 0 saturated heterocycles. The lowest BCUT2D eigenvalue weighted by Gasteiger charge is -2.21. The predicted molar refractivity (Wildman–Crippen MR) is 90.8 cm³/mol. The van der Waals surface area contributed by atoms with Crippen molar-refractivity contribution in [3.05, 3.63) is 29.1 Å². The van der Waals surface area contributed by atoms with Crippen LogP contribution >= 0.6 is 0 Å². The molecular weight excluding hydrogens is 389 g/mol. The van der Waals surface area contributed by atoms with Crippen molar-refractivity contribution in [1.29, 1.82) is 0 Å². The first-order chi connectivity index (χ1) is 12.4. The van der Waals surface area contributed by atoms with Gasteiger partial charge in [-0.05, 0) is 19.1 Å². The summed E-state index contributed by atoms with van der Waals surface area (Å²) < 4.78 is 72.6. The molecule has 0 aromatic heterocycles. The van der Waals surface area contributed by atoms with E-state index in [1.807, 2.05) is 0 Å². The van der Waals surface area contributed by atoms with E-state index in [1.165, 1.54) is 19.1 Å². The maximum absolute atomic E-state index is 14.7. The van der Waals surface area contributed by atoms with Gasteiger partial charge in [0.1, 0.15) is 18.2 Å². The van der Waals surface area contributed by atoms with Gasteiger partial charge in [0, 0.05) is 23.5 Å². The molecule has 2 rings (SSSR count). The number of halogens is 3. The number of benzene rings is 1. The molecule has 0 saturated carbocycles. The molecule has 11 heteroatoms. The van der Waals surface area contributed by atoms with Crippen molar-refractivity contribution in [2.45, 2.75) is 26.2 Å². The summed E-state index contributed by atoms with van der Waals surface area (Å²) in [5.41, 5.74) is 2.75. The van der Waals surface area contributed by atoms with Gasteiger partial charge in [0.2, 0.25) is 5.91 Å². The van der Waals surface area contributed by atoms with Crippen LogP contribution in [-0.2, 0) is 19.1 Å². The summed E-state index contributed by atoms with van der Waals surface area (Å²) in [4.78, 5) is 11.3. The largest absolute Gasteiger partial charge is 0.487 e. The van der Waals surface area contributed by atoms with Crippen molar-refractivity contribution < 1.29 is 35.3 Å². The number of ether oxygens (including phenoxy) is 1. The van der Waals surface area contributed by atoms with Gasteiger partial charge in [-0.1, -0.05) is 6.92 Å². The fraction of sp³-hybridized carbons (Fsp3) is 0.500. The molecule has 1 aliphatic heterocycles. The normalized spacial score (nSPS) is 18.1. The second-order valence-electron chi connectivity index (χ2n) is 6.30. The van der Waals surface area contributed by atoms with Crippen LogP contribution in [0.2, 0.25) is 0 Å². The number of nitrogens with zero attached hydrogens (tertiary/aromatic N) is 1. The first-order valence-electron chi connectivity index (χ1n) is 7.90. The maximum Gasteiger partial charge on any atom is 0.305 e. The molecule has 7 nitrogen and oxygen atoms in total. The average Bonchev–Trinajstić information content (AvgIpc) is 2.55. The Balaban J connectivity index is 2.14. The van der Waals surface area contributed by atoms with Gasteiger partial charge in [-0.2, -0.15) is 13.5 Å². The Bertz CT molecular complexity index is 871. The fourth-order valence-corrected chi connectivity index (χ4v) is 2.81. The smallest absolute Gasteiger partial charge is 0.305 e. The van der Waals surface area contributed by atoms with E-state index in [1.54, 1.807) is 6.92 Å². The Morgan fingerprint density at radius 2 is 2.00 bits per heavy atom. The monoisotopic (exact) mass is 408 g/mol. The number of hydrogen-bond acceptors (Lipinski definition) is 6. The second kappa shape index (κ2) is 7.85. The molecule has 1 atom stereocenters. The minimum atomic E-state index is -4.02. The molecule has 0 bridgehead atoms. The molecule has 150 valence electrons. The standard InChI is InChI=1S/C16H19F3N2O5S/c1-9-6-13(22)20-21-15(9)11-4-5-12(10(2)14(11)17)25-7-16(18,19)8-26-27(3,23)24/h4-5,9H,6-8H2,1-3H3,(H,20,22). The van der Waals surface area contributed by atoms with Crippen LogP contribution in [0.1, 0.15) is 24.5 Å². The van der Waals surface area contributed by atoms with Crippen molar-refractivity contribution >= 4 is 21.7 Å². The van der Waals surface area contributed by atoms with Crippen LogP contribution in [0.3, 0.4) is 0 Å². The number of amides is 1. The highest BCUT2D eigenvalue weighted by molar-refractivity contribution is 7.85. The number of alkyl halides is 2. The van der Waals surface area contributed by atoms with Gasteiger partial charge < -0.3 is 4.74 Å². The third-order valence-electron chi connectivity index (χ3n) is 3.80. The van der Waals surface area contributed by atoms with Gasteiger partial charge in [0.15, 0.2) is 6.61 Å². The lowest BCUT2D eigenvalue weighted by molar-refractivity contribution is -0.121. The Labute approximate surface area is 154 Å². The highest BCUT2D eigenvalue weighted by atomic mass is 32.2. The summed E-state index contributed by atoms with van der Waals surface area (Å²) in [6.45, 7) is 0.514. The fourth-order valence-electron chi connectivity index (χ4n) is 2.42. The molecule has 1 unspecified atom stereocenters. The van der Waals surface area contributed by atoms with E-state index in [-0.39, 0.29) is 35.1 Å². The van der Waals surface area contributed by atoms with E-state index in [2.05, 4.69) is 14.7 Å². The molecule has 0 fully saturated rings. The molecule has 27 heavy (non-hydrogen) atoms. The summed E-state index contributed by atoms with van der Waals surface area (Å²) in [5, 5.41) is 3.87. The topological polar surface area (TPSA) is 94.1 Å². The number of carbonyl (C=O) groups is 1. The van der Waals surface area contributed by atoms with Crippen LogP contribution in [0.15, 0.2) is 17.2 Å². The maximum atomic E-state index is 14.7. The first kappa shape index (κ1) is 21.2. The number of carbonyl (C=O) groups excluding carboxylic acids is 1. The molecule has 1 aliphatic rings. The van der Waals surface area contributed by atoms with Gasteiger partial charge in [0.25, 0.3) is 10.1 Å². The van der Waals surface area contributed by atoms with Gasteiger partial charge >= 0.3 is 5.92 Å². The minimum absolute atomic E-state index is 0.0147. The molecule has 1 N–H and O–H groups in total. The molecule has 1 aromatic carbocycles. The zero-order valence-electron chi connectivity index (χ0n) is 14.9. The number of hydrazone groups is 1. The Kier molecular flexibility index (Phi) is 6.15. The van der Waals surface area contributed by atoms with Crippen LogP contribution in [0.25, 0.3) is 0 Å². The Morgan fingerprint density at radius 3 is 2.59 bits per heavy atom. The van der Waals surface area contributed by atoms with Crippen molar-refractivity contribution in [2.75, 3.05) is 19.5 Å². The highest BCUT2D eigenvalue weighted by Crippen LogP contribution is 2.28. The first-order valence-corrected chi connectivity index (χ1v) is 9.72. The van der Waals surface area contributed by atoms with Crippen molar-refractivity contribution in [2.24, 2.45) is 11.0 Å². The molecule has 0 spiro atoms. The number of hydrogen-bond donors (Lipinski definition) is 1. The van der Waals surface area contributed by atoms with E-state index < -0.39 is 35.1 Å². The van der Waals surface area contributed by atoms with Crippen LogP contribution in [0.5, 0.6) is 5.75 Å². The molecular formula is C16H19F3N2O5S. The lowest BCUT2D eigenvalue weighted by atomic mass is 9.92. The summed E-state index contributed by atoms with van der Waals surface area (Å²) in [6.07, 6.45) is 0.807. The van der Waals surface area contributed by atoms with Crippen LogP contribution in [0, 0.1) is 18.7 Å². The SMILES string of the molecule is Cc1c(OCC(F)(F)COS(C)(=O)=O)ccc(C2=NNC(=O)CC2C)c1F. The number of nitrogens with one attached hydrogen (secondary N) is 1. The van der Waals surface area contributed by atoms with Gasteiger partial charge in [-0.3, -0.25) is 8.98 Å². The number of rotatable bonds is 7. The van der Waals surface area contributed by atoms with Crippen molar-refractivity contribution in [3.63, 3.8) is 0 Å². The molecule has 1 amide bonds. The lowest BCUT2D eigenvalue weighted by Crippen LogP contribution is -2.33. The summed E-state index contributed by atoms with van der Waals surface area (Å²) in [5.74, 6) is -5.00. The average molecular weight is 408 g/mol. The molecule has 1 heterocycles. The molecule has 1 aromatic rings.